The Labute approximate surface area is 825 Å². The zero-order valence-electron chi connectivity index (χ0n) is 82.4. The van der Waals surface area contributed by atoms with Crippen molar-refractivity contribution >= 4 is 49.7 Å². The molecule has 0 atom stereocenters. The molecule has 9 nitrogen and oxygen atoms in total. The van der Waals surface area contributed by atoms with Gasteiger partial charge in [-0.3, -0.25) is 14.4 Å². The number of allylic oxidation sites excluding steroid dienone is 6. The van der Waals surface area contributed by atoms with E-state index in [2.05, 4.69) is 272 Å². The summed E-state index contributed by atoms with van der Waals surface area (Å²) < 4.78 is 0. The van der Waals surface area contributed by atoms with Crippen LogP contribution in [-0.4, -0.2) is 47.6 Å². The fraction of sp³-hybridized carbons (Fsp3) is 0.395. The average Bonchev–Trinajstić information content (AvgIpc) is 1.61. The van der Waals surface area contributed by atoms with Crippen LogP contribution in [0.15, 0.2) is 218 Å². The Balaban J connectivity index is 0.000000223. The van der Waals surface area contributed by atoms with E-state index in [9.17, 15) is 29.7 Å². The predicted octanol–water partition coefficient (Wildman–Crippen LogP) is 32.5. The number of benzene rings is 9. The summed E-state index contributed by atoms with van der Waals surface area (Å²) in [4.78, 5) is 48.2. The molecule has 12 heteroatoms. The van der Waals surface area contributed by atoms with Crippen molar-refractivity contribution in [3.05, 3.63) is 269 Å². The number of ketones is 3. The number of aliphatic hydroxyl groups excluding tert-OH is 3. The van der Waals surface area contributed by atoms with Gasteiger partial charge in [0.05, 0.1) is 17.3 Å². The summed E-state index contributed by atoms with van der Waals surface area (Å²) >= 11 is 0. The van der Waals surface area contributed by atoms with Gasteiger partial charge in [-0.25, -0.2) is 0 Å². The first kappa shape index (κ1) is 109. The van der Waals surface area contributed by atoms with Gasteiger partial charge in [0.1, 0.15) is 0 Å². The Morgan fingerprint density at radius 3 is 0.847 bits per heavy atom. The predicted molar refractivity (Wildman–Crippen MR) is 542 cm³/mol. The molecule has 15 rings (SSSR count). The van der Waals surface area contributed by atoms with Gasteiger partial charge in [-0.2, -0.15) is 0 Å². The molecule has 3 aliphatic rings. The average molecular weight is 2290 g/mol. The van der Waals surface area contributed by atoms with Gasteiger partial charge >= 0.3 is 0 Å². The summed E-state index contributed by atoms with van der Waals surface area (Å²) in [6, 6.07) is 71.5. The molecule has 699 valence electrons. The molecule has 0 fully saturated rings. The molecular weight excluding hydrogens is 2140 g/mol. The molecule has 3 aliphatic carbocycles. The molecule has 131 heavy (non-hydrogen) atoms. The molecule has 3 radical (unpaired) electrons. The van der Waals surface area contributed by atoms with Gasteiger partial charge in [-0.1, -0.05) is 353 Å². The van der Waals surface area contributed by atoms with E-state index in [0.29, 0.717) is 104 Å². The maximum Gasteiger partial charge on any atom is 0.159 e. The Bertz CT molecular complexity index is 5900. The van der Waals surface area contributed by atoms with Gasteiger partial charge in [0.25, 0.3) is 0 Å². The van der Waals surface area contributed by atoms with Crippen molar-refractivity contribution in [2.24, 2.45) is 59.2 Å². The number of hydrogen-bond acceptors (Lipinski definition) is 9. The van der Waals surface area contributed by atoms with Crippen LogP contribution in [0.2, 0.25) is 0 Å². The van der Waals surface area contributed by atoms with Crippen LogP contribution in [0.3, 0.4) is 0 Å². The Hall–Kier alpha value is -9.21. The van der Waals surface area contributed by atoms with Gasteiger partial charge < -0.3 is 30.3 Å². The van der Waals surface area contributed by atoms with Crippen LogP contribution in [0.4, 0.5) is 0 Å². The van der Waals surface area contributed by atoms with Crippen molar-refractivity contribution in [1.82, 2.24) is 15.0 Å². The van der Waals surface area contributed by atoms with Crippen LogP contribution in [-0.2, 0) is 106 Å². The molecule has 0 aliphatic heterocycles. The van der Waals surface area contributed by atoms with Crippen LogP contribution in [0.1, 0.15) is 251 Å². The summed E-state index contributed by atoms with van der Waals surface area (Å²) in [5.41, 5.74) is 30.1. The van der Waals surface area contributed by atoms with E-state index in [-0.39, 0.29) is 100 Å². The number of fused-ring (bicyclic) bond motifs is 15. The third kappa shape index (κ3) is 29.9. The molecular formula is C119H142Ir3N3O6-3. The van der Waals surface area contributed by atoms with Crippen molar-refractivity contribution in [1.29, 1.82) is 0 Å². The molecule has 12 aromatic rings. The third-order valence-electron chi connectivity index (χ3n) is 22.7. The van der Waals surface area contributed by atoms with E-state index in [0.717, 1.165) is 59.5 Å². The normalized spacial score (nSPS) is 12.1. The monoisotopic (exact) mass is 2290 g/mol. The van der Waals surface area contributed by atoms with Gasteiger partial charge in [0.15, 0.2) is 17.3 Å². The first-order valence-electron chi connectivity index (χ1n) is 47.1. The van der Waals surface area contributed by atoms with Gasteiger partial charge in [0.2, 0.25) is 0 Å². The number of carbonyl (C=O) groups is 3. The number of rotatable bonds is 24. The number of aliphatic hydroxyl groups is 3. The second-order valence-corrected chi connectivity index (χ2v) is 41.2. The molecule has 0 saturated carbocycles. The number of aromatic nitrogens is 3. The Morgan fingerprint density at radius 2 is 0.565 bits per heavy atom. The molecule has 0 saturated heterocycles. The largest absolute Gasteiger partial charge is 0.512 e. The topological polar surface area (TPSA) is 151 Å². The number of carbonyl (C=O) groups excluding carboxylic acids is 3. The molecule has 0 bridgehead atoms. The molecule has 3 aromatic heterocycles. The maximum atomic E-state index is 11.2. The van der Waals surface area contributed by atoms with Crippen LogP contribution in [0.25, 0.3) is 133 Å². The third-order valence-corrected chi connectivity index (χ3v) is 22.7. The van der Waals surface area contributed by atoms with Crippen LogP contribution < -0.4 is 0 Å². The molecule has 0 unspecified atom stereocenters. The first-order chi connectivity index (χ1) is 60.6. The molecule has 0 spiro atoms. The Morgan fingerprint density at radius 1 is 0.305 bits per heavy atom. The minimum absolute atomic E-state index is 0. The van der Waals surface area contributed by atoms with Crippen molar-refractivity contribution in [3.8, 4) is 101 Å². The van der Waals surface area contributed by atoms with E-state index >= 15 is 0 Å². The van der Waals surface area contributed by atoms with Crippen LogP contribution >= 0.6 is 0 Å². The zero-order valence-corrected chi connectivity index (χ0v) is 89.6. The number of hydrogen-bond donors (Lipinski definition) is 3. The van der Waals surface area contributed by atoms with Crippen LogP contribution in [0, 0.1) is 77.4 Å². The fourth-order valence-electron chi connectivity index (χ4n) is 17.4. The summed E-state index contributed by atoms with van der Waals surface area (Å²) in [5.74, 6) is 5.90. The van der Waals surface area contributed by atoms with Crippen molar-refractivity contribution in [3.63, 3.8) is 0 Å². The summed E-state index contributed by atoms with van der Waals surface area (Å²) in [5, 5.41) is 35.6. The van der Waals surface area contributed by atoms with Crippen molar-refractivity contribution in [2.75, 3.05) is 0 Å². The number of nitrogens with zero attached hydrogens (tertiary/aromatic N) is 3. The molecule has 0 amide bonds. The SMILES string of the molecule is CC(C)CC(=O)C=C(O)CC(C)C.CC(C)CC(=O)C=C(O)CC(C)C.CC(C)CC(=O)C=C(O)CC(C)C.CC(C)Cc1c[c-]c2c(c1)-c1ccccc1-c1cc(C(C)(C)C)cc3ccnc-2c13.CC(C)Cc1c[c-]c2c(c1)-c1ccccc1-c1cc(C(C)C)cc3ccnc-2c13.CC(C)Cc1c[c-]c2c(c1)-c1ccccc1-c1cc(CC(C)C)cc3ccnc-2c13.[Ir].[Ir].[Ir]. The quantitative estimate of drug-likeness (QED) is 0.0305. The summed E-state index contributed by atoms with van der Waals surface area (Å²) in [6.07, 6.45) is 17.5. The number of pyridine rings is 3. The van der Waals surface area contributed by atoms with Crippen molar-refractivity contribution < 1.29 is 90.0 Å². The first-order valence-corrected chi connectivity index (χ1v) is 47.1. The van der Waals surface area contributed by atoms with Gasteiger partial charge in [-0.15, -0.1) is 88.0 Å². The van der Waals surface area contributed by atoms with Gasteiger partial charge in [-0.05, 0) is 177 Å². The molecule has 3 N–H and O–H groups in total. The van der Waals surface area contributed by atoms with E-state index in [1.165, 1.54) is 151 Å². The second kappa shape index (κ2) is 49.7. The molecule has 3 heterocycles. The minimum atomic E-state index is 0. The minimum Gasteiger partial charge on any atom is -0.512 e. The zero-order chi connectivity index (χ0) is 93.3. The van der Waals surface area contributed by atoms with E-state index < -0.39 is 0 Å². The summed E-state index contributed by atoms with van der Waals surface area (Å²) in [7, 11) is 0. The van der Waals surface area contributed by atoms with E-state index in [4.69, 9.17) is 15.0 Å². The molecule has 9 aromatic carbocycles. The fourth-order valence-corrected chi connectivity index (χ4v) is 17.4. The smallest absolute Gasteiger partial charge is 0.159 e. The maximum absolute atomic E-state index is 11.2. The van der Waals surface area contributed by atoms with Crippen molar-refractivity contribution in [2.45, 2.75) is 249 Å². The second-order valence-electron chi connectivity index (χ2n) is 41.2. The van der Waals surface area contributed by atoms with Crippen LogP contribution in [0.5, 0.6) is 0 Å². The Kier molecular flexibility index (Phi) is 41.3. The standard InChI is InChI=1S/2C29H28N.C28H26N.3C11H20O2.3Ir/c1-18(2)14-19-10-11-24-25(15-19)22-8-6-7-9-23(22)26-17-21(29(3,4)5)16-20-12-13-30-28(24)27(20)26;1-18(2)13-20-9-10-25-26(16-20)23-7-5-6-8-24(23)27-17-21(14-19(3)4)15-22-11-12-30-29(25)28(22)27;1-17(2)13-19-9-10-24-25(14-19)22-7-5-6-8-23(22)26-16-21(18(3)4)15-20-11-12-29-28(24)27(20)26;3*1-8(2)5-10(12)7-11(13)6-9(3)4;;;/h6-10,12-13,15-18H,14H2,1-5H3;5-9,11-12,15-19H,13-14H2,1-4H3;5-9,11-12,14-18H,13H2,1-4H3;3*7-9,12H,5-6H2,1-4H3;;;/q3*-1;;;;;;. The summed E-state index contributed by atoms with van der Waals surface area (Å²) in [6.45, 7) is 53.6. The van der Waals surface area contributed by atoms with E-state index in [1.807, 2.05) is 102 Å². The van der Waals surface area contributed by atoms with Gasteiger partial charge in [0, 0.05) is 136 Å². The van der Waals surface area contributed by atoms with E-state index in [1.54, 1.807) is 0 Å².